The van der Waals surface area contributed by atoms with E-state index >= 15 is 0 Å². The van der Waals surface area contributed by atoms with E-state index in [0.29, 0.717) is 0 Å². The van der Waals surface area contributed by atoms with Crippen LogP contribution in [0, 0.1) is 20.2 Å². The van der Waals surface area contributed by atoms with Gasteiger partial charge < -0.3 is 9.64 Å². The average molecular weight is 321 g/mol. The molecule has 23 heavy (non-hydrogen) atoms. The van der Waals surface area contributed by atoms with Crippen LogP contribution in [0.5, 0.6) is 0 Å². The monoisotopic (exact) mass is 321 g/mol. The molecule has 0 unspecified atom stereocenters. The van der Waals surface area contributed by atoms with Crippen LogP contribution in [-0.2, 0) is 9.53 Å². The third-order valence-corrected chi connectivity index (χ3v) is 2.69. The maximum absolute atomic E-state index is 11.5. The van der Waals surface area contributed by atoms with Crippen molar-refractivity contribution in [1.82, 2.24) is 4.90 Å². The van der Waals surface area contributed by atoms with Gasteiger partial charge in [-0.05, 0) is 6.07 Å². The van der Waals surface area contributed by atoms with Crippen LogP contribution in [0.2, 0.25) is 0 Å². The lowest BCUT2D eigenvalue weighted by Gasteiger charge is -2.09. The van der Waals surface area contributed by atoms with Crippen molar-refractivity contribution in [3.63, 3.8) is 0 Å². The summed E-state index contributed by atoms with van der Waals surface area (Å²) in [6.45, 7) is 0. The van der Waals surface area contributed by atoms with Gasteiger partial charge in [-0.1, -0.05) is 12.1 Å². The normalized spacial score (nSPS) is 11.8. The number of hydrogen-bond acceptors (Lipinski definition) is 7. The van der Waals surface area contributed by atoms with Crippen LogP contribution in [0.4, 0.5) is 5.69 Å². The molecule has 0 saturated heterocycles. The van der Waals surface area contributed by atoms with E-state index in [-0.39, 0.29) is 16.8 Å². The molecule has 1 aromatic carbocycles. The van der Waals surface area contributed by atoms with Crippen LogP contribution in [0.25, 0.3) is 5.57 Å². The Hall–Kier alpha value is -3.23. The minimum absolute atomic E-state index is 0.138. The molecule has 0 aliphatic rings. The van der Waals surface area contributed by atoms with Crippen LogP contribution in [0.15, 0.2) is 42.2 Å². The second-order valence-electron chi connectivity index (χ2n) is 4.60. The van der Waals surface area contributed by atoms with Crippen molar-refractivity contribution in [2.75, 3.05) is 21.2 Å². The molecule has 0 N–H and O–H groups in total. The number of rotatable bonds is 6. The molecule has 0 atom stereocenters. The van der Waals surface area contributed by atoms with Crippen molar-refractivity contribution in [3.8, 4) is 0 Å². The predicted octanol–water partition coefficient (Wildman–Crippen LogP) is 1.83. The minimum atomic E-state index is -1.14. The quantitative estimate of drug-likeness (QED) is 0.258. The molecule has 0 heterocycles. The lowest BCUT2D eigenvalue weighted by Crippen LogP contribution is -2.13. The molecule has 1 aromatic rings. The fourth-order valence-corrected chi connectivity index (χ4v) is 1.78. The molecule has 0 radical (unpaired) electrons. The fraction of sp³-hybridized carbons (Fsp3) is 0.214. The molecular formula is C14H15N3O6. The molecule has 0 bridgehead atoms. The molecule has 0 aliphatic heterocycles. The Balaban J connectivity index is 3.58. The molecule has 0 aliphatic carbocycles. The largest absolute Gasteiger partial charge is 0.461 e. The van der Waals surface area contributed by atoms with Crippen molar-refractivity contribution in [2.45, 2.75) is 0 Å². The molecular weight excluding hydrogens is 306 g/mol. The third kappa shape index (κ3) is 4.63. The SMILES string of the molecule is COC(=O)/C(=C/C(=C/N(C)C)c1ccccc1[N+](=O)[O-])[N+](=O)[O-]. The topological polar surface area (TPSA) is 116 Å². The Morgan fingerprint density at radius 2 is 1.83 bits per heavy atom. The van der Waals surface area contributed by atoms with Crippen LogP contribution in [0.3, 0.4) is 0 Å². The maximum Gasteiger partial charge on any atom is 0.409 e. The van der Waals surface area contributed by atoms with E-state index in [1.807, 2.05) is 0 Å². The number of carbonyl (C=O) groups is 1. The van der Waals surface area contributed by atoms with Crippen molar-refractivity contribution in [3.05, 3.63) is 68.0 Å². The third-order valence-electron chi connectivity index (χ3n) is 2.69. The number of allylic oxidation sites excluding steroid dienone is 2. The van der Waals surface area contributed by atoms with Crippen molar-refractivity contribution in [2.24, 2.45) is 0 Å². The molecule has 0 saturated carbocycles. The molecule has 9 nitrogen and oxygen atoms in total. The summed E-state index contributed by atoms with van der Waals surface area (Å²) in [7, 11) is 4.30. The van der Waals surface area contributed by atoms with Gasteiger partial charge in [0.15, 0.2) is 0 Å². The van der Waals surface area contributed by atoms with E-state index in [1.54, 1.807) is 25.1 Å². The summed E-state index contributed by atoms with van der Waals surface area (Å²) in [5, 5.41) is 22.2. The number of carbonyl (C=O) groups excluding carboxylic acids is 1. The summed E-state index contributed by atoms with van der Waals surface area (Å²) in [6, 6.07) is 5.76. The Kier molecular flexibility index (Phi) is 5.95. The number of nitrogens with zero attached hydrogens (tertiary/aromatic N) is 3. The van der Waals surface area contributed by atoms with Gasteiger partial charge in [0.2, 0.25) is 0 Å². The first-order valence-electron chi connectivity index (χ1n) is 6.34. The van der Waals surface area contributed by atoms with Gasteiger partial charge in [-0.15, -0.1) is 0 Å². The number of esters is 1. The standard InChI is InChI=1S/C14H15N3O6/c1-15(2)9-10(8-13(17(21)22)14(18)23-3)11-6-4-5-7-12(11)16(19)20/h4-9H,1-3H3/b10-9-,13-8-. The highest BCUT2D eigenvalue weighted by Gasteiger charge is 2.25. The first kappa shape index (κ1) is 17.8. The van der Waals surface area contributed by atoms with E-state index in [9.17, 15) is 25.0 Å². The minimum Gasteiger partial charge on any atom is -0.461 e. The molecule has 0 aromatic heterocycles. The first-order valence-corrected chi connectivity index (χ1v) is 6.34. The van der Waals surface area contributed by atoms with Crippen LogP contribution in [0.1, 0.15) is 5.56 Å². The number of ether oxygens (including phenoxy) is 1. The van der Waals surface area contributed by atoms with Gasteiger partial charge in [0.25, 0.3) is 5.69 Å². The lowest BCUT2D eigenvalue weighted by atomic mass is 10.0. The van der Waals surface area contributed by atoms with E-state index in [2.05, 4.69) is 4.74 Å². The zero-order valence-corrected chi connectivity index (χ0v) is 12.8. The van der Waals surface area contributed by atoms with Crippen LogP contribution >= 0.6 is 0 Å². The lowest BCUT2D eigenvalue weighted by molar-refractivity contribution is -0.421. The summed E-state index contributed by atoms with van der Waals surface area (Å²) in [5.41, 5.74) is -0.767. The highest BCUT2D eigenvalue weighted by Crippen LogP contribution is 2.28. The molecule has 1 rings (SSSR count). The maximum atomic E-state index is 11.5. The Bertz CT molecular complexity index is 694. The summed E-state index contributed by atoms with van der Waals surface area (Å²) >= 11 is 0. The van der Waals surface area contributed by atoms with Gasteiger partial charge in [0.1, 0.15) is 0 Å². The summed E-state index contributed by atoms with van der Waals surface area (Å²) in [6.07, 6.45) is 2.39. The van der Waals surface area contributed by atoms with Crippen molar-refractivity contribution in [1.29, 1.82) is 0 Å². The Morgan fingerprint density at radius 3 is 2.30 bits per heavy atom. The number of nitro groups is 2. The number of methoxy groups -OCH3 is 1. The van der Waals surface area contributed by atoms with Crippen LogP contribution in [-0.4, -0.2) is 41.9 Å². The van der Waals surface area contributed by atoms with Gasteiger partial charge in [-0.2, -0.15) is 0 Å². The second-order valence-corrected chi connectivity index (χ2v) is 4.60. The van der Waals surface area contributed by atoms with Gasteiger partial charge >= 0.3 is 11.7 Å². The summed E-state index contributed by atoms with van der Waals surface area (Å²) < 4.78 is 4.37. The van der Waals surface area contributed by atoms with E-state index in [0.717, 1.165) is 13.2 Å². The summed E-state index contributed by atoms with van der Waals surface area (Å²) in [4.78, 5) is 33.7. The van der Waals surface area contributed by atoms with Crippen LogP contribution < -0.4 is 0 Å². The van der Waals surface area contributed by atoms with Crippen molar-refractivity contribution >= 4 is 17.2 Å². The van der Waals surface area contributed by atoms with E-state index in [4.69, 9.17) is 0 Å². The zero-order valence-electron chi connectivity index (χ0n) is 12.8. The number of para-hydroxylation sites is 1. The molecule has 0 amide bonds. The van der Waals surface area contributed by atoms with Gasteiger partial charge in [-0.25, -0.2) is 4.79 Å². The zero-order chi connectivity index (χ0) is 17.6. The number of hydrogen-bond donors (Lipinski definition) is 0. The second kappa shape index (κ2) is 7.69. The Labute approximate surface area is 131 Å². The fourth-order valence-electron chi connectivity index (χ4n) is 1.78. The smallest absolute Gasteiger partial charge is 0.409 e. The molecule has 9 heteroatoms. The number of benzene rings is 1. The average Bonchev–Trinajstić information content (AvgIpc) is 2.49. The highest BCUT2D eigenvalue weighted by molar-refractivity contribution is 5.91. The molecule has 122 valence electrons. The van der Waals surface area contributed by atoms with Gasteiger partial charge in [0.05, 0.1) is 22.5 Å². The number of nitro benzene ring substituents is 1. The van der Waals surface area contributed by atoms with E-state index < -0.39 is 21.5 Å². The van der Waals surface area contributed by atoms with Gasteiger partial charge in [0, 0.05) is 38.0 Å². The van der Waals surface area contributed by atoms with Crippen molar-refractivity contribution < 1.29 is 19.4 Å². The predicted molar refractivity (Wildman–Crippen MR) is 81.9 cm³/mol. The highest BCUT2D eigenvalue weighted by atomic mass is 16.6. The van der Waals surface area contributed by atoms with Gasteiger partial charge in [-0.3, -0.25) is 20.2 Å². The molecule has 0 fully saturated rings. The Morgan fingerprint density at radius 1 is 1.22 bits per heavy atom. The van der Waals surface area contributed by atoms with E-state index in [1.165, 1.54) is 24.4 Å². The summed E-state index contributed by atoms with van der Waals surface area (Å²) in [5.74, 6) is -1.14. The molecule has 0 spiro atoms. The first-order chi connectivity index (χ1) is 10.8.